The van der Waals surface area contributed by atoms with Gasteiger partial charge < -0.3 is 5.11 Å². The van der Waals surface area contributed by atoms with Gasteiger partial charge in [0.25, 0.3) is 0 Å². The fraction of sp³-hybridized carbons (Fsp3) is 0.556. The van der Waals surface area contributed by atoms with Crippen LogP contribution in [-0.4, -0.2) is 29.6 Å². The molecule has 6 nitrogen and oxygen atoms in total. The minimum atomic E-state index is -3.52. The van der Waals surface area contributed by atoms with Crippen LogP contribution in [0.3, 0.4) is 0 Å². The van der Waals surface area contributed by atoms with E-state index in [0.29, 0.717) is 5.69 Å². The van der Waals surface area contributed by atoms with E-state index in [1.54, 1.807) is 13.8 Å². The van der Waals surface area contributed by atoms with E-state index >= 15 is 0 Å². The topological polar surface area (TPSA) is 96.4 Å². The number of hydrogen-bond donors (Lipinski definition) is 2. The first-order valence-electron chi connectivity index (χ1n) is 4.93. The van der Waals surface area contributed by atoms with Gasteiger partial charge in [0.1, 0.15) is 10.6 Å². The predicted molar refractivity (Wildman–Crippen MR) is 66.1 cm³/mol. The predicted octanol–water partition coefficient (Wildman–Crippen LogP) is 1.55. The molecule has 0 saturated heterocycles. The molecule has 17 heavy (non-hydrogen) atoms. The van der Waals surface area contributed by atoms with Crippen LogP contribution in [0.1, 0.15) is 29.9 Å². The van der Waals surface area contributed by atoms with E-state index in [4.69, 9.17) is 5.11 Å². The molecule has 2 N–H and O–H groups in total. The van der Waals surface area contributed by atoms with E-state index in [1.807, 2.05) is 0 Å². The first-order chi connectivity index (χ1) is 7.73. The van der Waals surface area contributed by atoms with Gasteiger partial charge in [0, 0.05) is 0 Å². The van der Waals surface area contributed by atoms with Gasteiger partial charge in [-0.25, -0.2) is 13.2 Å². The molecular weight excluding hydrogens is 264 g/mol. The van der Waals surface area contributed by atoms with Crippen molar-refractivity contribution >= 4 is 32.5 Å². The number of carboxylic acids is 1. The monoisotopic (exact) mass is 278 g/mol. The number of rotatable bonds is 5. The van der Waals surface area contributed by atoms with Gasteiger partial charge in [-0.05, 0) is 24.4 Å². The van der Waals surface area contributed by atoms with Crippen molar-refractivity contribution in [1.82, 2.24) is 4.37 Å². The van der Waals surface area contributed by atoms with E-state index in [2.05, 4.69) is 9.10 Å². The van der Waals surface area contributed by atoms with Gasteiger partial charge in [0.05, 0.1) is 11.4 Å². The molecule has 0 amide bonds. The van der Waals surface area contributed by atoms with Gasteiger partial charge in [-0.3, -0.25) is 4.72 Å². The molecule has 0 aliphatic heterocycles. The second kappa shape index (κ2) is 5.01. The Hall–Kier alpha value is -1.15. The number of nitrogens with one attached hydrogen (secondary N) is 1. The Labute approximate surface area is 104 Å². The lowest BCUT2D eigenvalue weighted by molar-refractivity contribution is 0.0697. The molecule has 1 rings (SSSR count). The summed E-state index contributed by atoms with van der Waals surface area (Å²) in [4.78, 5) is 10.9. The number of aromatic carboxylic acids is 1. The van der Waals surface area contributed by atoms with Gasteiger partial charge >= 0.3 is 5.97 Å². The molecule has 0 saturated carbocycles. The van der Waals surface area contributed by atoms with Crippen molar-refractivity contribution in [3.8, 4) is 0 Å². The lowest BCUT2D eigenvalue weighted by Crippen LogP contribution is -2.20. The molecule has 0 radical (unpaired) electrons. The Bertz CT molecular complexity index is 519. The molecule has 0 atom stereocenters. The maximum atomic E-state index is 11.7. The molecule has 1 heterocycles. The van der Waals surface area contributed by atoms with Gasteiger partial charge in [-0.2, -0.15) is 4.37 Å². The van der Waals surface area contributed by atoms with Crippen molar-refractivity contribution in [3.63, 3.8) is 0 Å². The molecule has 1 aromatic heterocycles. The van der Waals surface area contributed by atoms with Crippen molar-refractivity contribution in [3.05, 3.63) is 11.3 Å². The SMILES string of the molecule is Cc1nsc(NS(=O)(=O)CC(C)C)c1C(=O)O. The molecule has 0 spiro atoms. The minimum Gasteiger partial charge on any atom is -0.478 e. The molecule has 1 aromatic rings. The number of carbonyl (C=O) groups is 1. The summed E-state index contributed by atoms with van der Waals surface area (Å²) in [5, 5.41) is 9.01. The third kappa shape index (κ3) is 3.67. The molecule has 0 unspecified atom stereocenters. The average molecular weight is 278 g/mol. The lowest BCUT2D eigenvalue weighted by atomic mass is 10.2. The zero-order chi connectivity index (χ0) is 13.2. The summed E-state index contributed by atoms with van der Waals surface area (Å²) in [7, 11) is -3.52. The number of hydrogen-bond acceptors (Lipinski definition) is 5. The van der Waals surface area contributed by atoms with Gasteiger partial charge in [-0.15, -0.1) is 0 Å². The zero-order valence-electron chi connectivity index (χ0n) is 9.72. The Morgan fingerprint density at radius 1 is 1.53 bits per heavy atom. The number of nitrogens with zero attached hydrogens (tertiary/aromatic N) is 1. The highest BCUT2D eigenvalue weighted by Gasteiger charge is 2.22. The Kier molecular flexibility index (Phi) is 4.10. The number of sulfonamides is 1. The standard InChI is InChI=1S/C9H14N2O4S2/c1-5(2)4-17(14,15)11-8-7(9(12)13)6(3)10-16-8/h5,11H,4H2,1-3H3,(H,12,13). The molecular formula is C9H14N2O4S2. The largest absolute Gasteiger partial charge is 0.478 e. The molecule has 0 aliphatic carbocycles. The van der Waals surface area contributed by atoms with E-state index in [9.17, 15) is 13.2 Å². The smallest absolute Gasteiger partial charge is 0.340 e. The van der Waals surface area contributed by atoms with E-state index in [0.717, 1.165) is 11.5 Å². The summed E-state index contributed by atoms with van der Waals surface area (Å²) in [6.07, 6.45) is 0. The van der Waals surface area contributed by atoms with Gasteiger partial charge in [0.15, 0.2) is 0 Å². The zero-order valence-corrected chi connectivity index (χ0v) is 11.4. The third-order valence-electron chi connectivity index (χ3n) is 1.88. The minimum absolute atomic E-state index is 0.0326. The van der Waals surface area contributed by atoms with Crippen LogP contribution in [0.5, 0.6) is 0 Å². The molecule has 0 aromatic carbocycles. The summed E-state index contributed by atoms with van der Waals surface area (Å²) in [5.41, 5.74) is 0.229. The normalized spacial score (nSPS) is 11.8. The number of aryl methyl sites for hydroxylation is 1. The first kappa shape index (κ1) is 13.9. The Morgan fingerprint density at radius 2 is 2.12 bits per heavy atom. The van der Waals surface area contributed by atoms with Crippen molar-refractivity contribution < 1.29 is 18.3 Å². The van der Waals surface area contributed by atoms with Gasteiger partial charge in [-0.1, -0.05) is 13.8 Å². The van der Waals surface area contributed by atoms with E-state index < -0.39 is 16.0 Å². The molecule has 96 valence electrons. The highest BCUT2D eigenvalue weighted by Crippen LogP contribution is 2.25. The molecule has 0 aliphatic rings. The van der Waals surface area contributed by atoms with Crippen LogP contribution in [-0.2, 0) is 10.0 Å². The van der Waals surface area contributed by atoms with Crippen molar-refractivity contribution in [2.24, 2.45) is 5.92 Å². The summed E-state index contributed by atoms with van der Waals surface area (Å²) in [5.74, 6) is -1.27. The van der Waals surface area contributed by atoms with Crippen molar-refractivity contribution in [2.75, 3.05) is 10.5 Å². The second-order valence-electron chi connectivity index (χ2n) is 4.05. The summed E-state index contributed by atoms with van der Waals surface area (Å²) < 4.78 is 29.4. The molecule has 8 heteroatoms. The van der Waals surface area contributed by atoms with Crippen LogP contribution in [0.4, 0.5) is 5.00 Å². The number of aromatic nitrogens is 1. The van der Waals surface area contributed by atoms with Crippen LogP contribution in [0.25, 0.3) is 0 Å². The average Bonchev–Trinajstić information content (AvgIpc) is 2.43. The Balaban J connectivity index is 3.00. The fourth-order valence-corrected chi connectivity index (χ4v) is 3.83. The number of carboxylic acid groups (broad SMARTS) is 1. The van der Waals surface area contributed by atoms with Crippen LogP contribution in [0.15, 0.2) is 0 Å². The fourth-order valence-electron chi connectivity index (χ4n) is 1.31. The highest BCUT2D eigenvalue weighted by atomic mass is 32.2. The molecule has 0 fully saturated rings. The summed E-state index contributed by atoms with van der Waals surface area (Å²) in [6.45, 7) is 5.07. The van der Waals surface area contributed by atoms with Crippen LogP contribution >= 0.6 is 11.5 Å². The quantitative estimate of drug-likeness (QED) is 0.851. The maximum absolute atomic E-state index is 11.7. The lowest BCUT2D eigenvalue weighted by Gasteiger charge is -2.08. The second-order valence-corrected chi connectivity index (χ2v) is 6.59. The van der Waals surface area contributed by atoms with Crippen molar-refractivity contribution in [2.45, 2.75) is 20.8 Å². The first-order valence-corrected chi connectivity index (χ1v) is 7.35. The maximum Gasteiger partial charge on any atom is 0.340 e. The third-order valence-corrected chi connectivity index (χ3v) is 4.48. The van der Waals surface area contributed by atoms with Crippen molar-refractivity contribution in [1.29, 1.82) is 0 Å². The summed E-state index contributed by atoms with van der Waals surface area (Å²) >= 11 is 0.837. The highest BCUT2D eigenvalue weighted by molar-refractivity contribution is 7.92. The van der Waals surface area contributed by atoms with Crippen LogP contribution in [0, 0.1) is 12.8 Å². The van der Waals surface area contributed by atoms with E-state index in [-0.39, 0.29) is 22.2 Å². The van der Waals surface area contributed by atoms with Crippen LogP contribution < -0.4 is 4.72 Å². The van der Waals surface area contributed by atoms with E-state index in [1.165, 1.54) is 6.92 Å². The van der Waals surface area contributed by atoms with Gasteiger partial charge in [0.2, 0.25) is 10.0 Å². The number of anilines is 1. The van der Waals surface area contributed by atoms with Crippen LogP contribution in [0.2, 0.25) is 0 Å². The molecule has 0 bridgehead atoms. The Morgan fingerprint density at radius 3 is 2.59 bits per heavy atom. The summed E-state index contributed by atoms with van der Waals surface area (Å²) in [6, 6.07) is 0.